The number of aryl methyl sites for hydroxylation is 1. The summed E-state index contributed by atoms with van der Waals surface area (Å²) in [5, 5.41) is 7.65. The second kappa shape index (κ2) is 15.1. The van der Waals surface area contributed by atoms with Gasteiger partial charge in [-0.1, -0.05) is 95.5 Å². The predicted molar refractivity (Wildman–Crippen MR) is 166 cm³/mol. The maximum atomic E-state index is 13.2. The van der Waals surface area contributed by atoms with Crippen LogP contribution in [0.2, 0.25) is 10.0 Å². The number of carbonyl (C=O) groups is 2. The van der Waals surface area contributed by atoms with Crippen molar-refractivity contribution < 1.29 is 19.1 Å². The Balaban J connectivity index is 1.41. The molecule has 9 heteroatoms. The molecule has 2 amide bonds. The van der Waals surface area contributed by atoms with Gasteiger partial charge in [-0.2, -0.15) is 5.10 Å². The van der Waals surface area contributed by atoms with Crippen LogP contribution in [0.1, 0.15) is 29.2 Å². The lowest BCUT2D eigenvalue weighted by Crippen LogP contribution is -2.50. The van der Waals surface area contributed by atoms with Gasteiger partial charge in [0.1, 0.15) is 24.1 Å². The van der Waals surface area contributed by atoms with Gasteiger partial charge in [-0.15, -0.1) is 0 Å². The van der Waals surface area contributed by atoms with Crippen molar-refractivity contribution in [1.82, 2.24) is 10.7 Å². The Morgan fingerprint density at radius 1 is 0.857 bits per heavy atom. The molecule has 2 atom stereocenters. The van der Waals surface area contributed by atoms with Gasteiger partial charge in [-0.05, 0) is 55.3 Å². The van der Waals surface area contributed by atoms with E-state index in [2.05, 4.69) is 15.8 Å². The summed E-state index contributed by atoms with van der Waals surface area (Å²) in [6, 6.07) is 28.7. The van der Waals surface area contributed by atoms with Crippen LogP contribution in [0.15, 0.2) is 102 Å². The molecule has 42 heavy (non-hydrogen) atoms. The van der Waals surface area contributed by atoms with Gasteiger partial charge in [0.25, 0.3) is 11.8 Å². The minimum absolute atomic E-state index is 0.249. The molecule has 0 bridgehead atoms. The van der Waals surface area contributed by atoms with Crippen molar-refractivity contribution in [2.75, 3.05) is 0 Å². The fraction of sp³-hybridized carbons (Fsp3) is 0.182. The second-order valence-electron chi connectivity index (χ2n) is 9.63. The molecule has 0 spiro atoms. The van der Waals surface area contributed by atoms with Crippen LogP contribution in [0.25, 0.3) is 0 Å². The molecule has 2 N–H and O–H groups in total. The molecule has 0 saturated heterocycles. The molecular formula is C33H31Cl2N3O4. The highest BCUT2D eigenvalue weighted by Gasteiger charge is 2.25. The van der Waals surface area contributed by atoms with Crippen LogP contribution in [0, 0.1) is 6.92 Å². The number of rotatable bonds is 12. The summed E-state index contributed by atoms with van der Waals surface area (Å²) in [5.74, 6) is -0.0492. The first-order valence-electron chi connectivity index (χ1n) is 13.3. The number of amides is 2. The third kappa shape index (κ3) is 9.09. The van der Waals surface area contributed by atoms with Gasteiger partial charge in [0.05, 0.1) is 11.2 Å². The lowest BCUT2D eigenvalue weighted by atomic mass is 10.1. The average molecular weight is 605 g/mol. The number of nitrogens with zero attached hydrogens (tertiary/aromatic N) is 1. The highest BCUT2D eigenvalue weighted by molar-refractivity contribution is 6.35. The first-order valence-corrected chi connectivity index (χ1v) is 14.1. The zero-order valence-corrected chi connectivity index (χ0v) is 24.7. The highest BCUT2D eigenvalue weighted by Crippen LogP contribution is 2.28. The van der Waals surface area contributed by atoms with Crippen molar-refractivity contribution in [1.29, 1.82) is 0 Å². The Morgan fingerprint density at radius 2 is 1.57 bits per heavy atom. The number of halogens is 2. The molecule has 0 aliphatic rings. The minimum atomic E-state index is -0.934. The van der Waals surface area contributed by atoms with Crippen LogP contribution < -0.4 is 20.2 Å². The van der Waals surface area contributed by atoms with Crippen molar-refractivity contribution in [3.63, 3.8) is 0 Å². The summed E-state index contributed by atoms with van der Waals surface area (Å²) in [4.78, 5) is 26.3. The van der Waals surface area contributed by atoms with E-state index in [1.807, 2.05) is 85.8 Å². The molecular weight excluding hydrogens is 573 g/mol. The third-order valence-corrected chi connectivity index (χ3v) is 6.83. The van der Waals surface area contributed by atoms with Gasteiger partial charge in [0.15, 0.2) is 6.10 Å². The third-order valence-electron chi connectivity index (χ3n) is 6.29. The number of ether oxygens (including phenoxy) is 2. The lowest BCUT2D eigenvalue weighted by Gasteiger charge is -2.21. The normalized spacial score (nSPS) is 12.4. The van der Waals surface area contributed by atoms with E-state index in [-0.39, 0.29) is 11.4 Å². The van der Waals surface area contributed by atoms with Gasteiger partial charge in [0, 0.05) is 17.0 Å². The highest BCUT2D eigenvalue weighted by atomic mass is 35.5. The summed E-state index contributed by atoms with van der Waals surface area (Å²) in [5.41, 5.74) is 6.32. The lowest BCUT2D eigenvalue weighted by molar-refractivity contribution is -0.132. The van der Waals surface area contributed by atoms with Gasteiger partial charge in [-0.25, -0.2) is 5.43 Å². The molecule has 0 aliphatic carbocycles. The van der Waals surface area contributed by atoms with Crippen LogP contribution in [0.4, 0.5) is 0 Å². The van der Waals surface area contributed by atoms with E-state index in [0.717, 1.165) is 11.1 Å². The van der Waals surface area contributed by atoms with Crippen LogP contribution >= 0.6 is 23.2 Å². The number of para-hydroxylation sites is 1. The van der Waals surface area contributed by atoms with Crippen molar-refractivity contribution in [3.8, 4) is 11.5 Å². The number of hydrogen-bond donors (Lipinski definition) is 2. The fourth-order valence-corrected chi connectivity index (χ4v) is 4.42. The summed E-state index contributed by atoms with van der Waals surface area (Å²) in [6.45, 7) is 4.00. The summed E-state index contributed by atoms with van der Waals surface area (Å²) in [6.07, 6.45) is 0.826. The van der Waals surface area contributed by atoms with Crippen LogP contribution in [0.3, 0.4) is 0 Å². The Morgan fingerprint density at radius 3 is 2.31 bits per heavy atom. The first kappa shape index (κ1) is 30.6. The van der Waals surface area contributed by atoms with Crippen molar-refractivity contribution >= 4 is 41.2 Å². The van der Waals surface area contributed by atoms with E-state index in [0.29, 0.717) is 28.7 Å². The van der Waals surface area contributed by atoms with E-state index in [1.54, 1.807) is 19.1 Å². The van der Waals surface area contributed by atoms with Gasteiger partial charge >= 0.3 is 0 Å². The molecule has 0 radical (unpaired) electrons. The molecule has 0 aliphatic heterocycles. The largest absolute Gasteiger partial charge is 0.488 e. The van der Waals surface area contributed by atoms with E-state index in [1.165, 1.54) is 17.8 Å². The molecule has 0 heterocycles. The first-order chi connectivity index (χ1) is 20.3. The Labute approximate surface area is 255 Å². The van der Waals surface area contributed by atoms with Crippen molar-refractivity contribution in [2.45, 2.75) is 39.0 Å². The molecule has 0 fully saturated rings. The average Bonchev–Trinajstić information content (AvgIpc) is 2.99. The van der Waals surface area contributed by atoms with Crippen molar-refractivity contribution in [2.24, 2.45) is 5.10 Å². The zero-order chi connectivity index (χ0) is 29.9. The maximum absolute atomic E-state index is 13.2. The van der Waals surface area contributed by atoms with Crippen LogP contribution in [-0.4, -0.2) is 30.2 Å². The fourth-order valence-electron chi connectivity index (χ4n) is 3.97. The number of hydrogen-bond acceptors (Lipinski definition) is 5. The summed E-state index contributed by atoms with van der Waals surface area (Å²) in [7, 11) is 0. The van der Waals surface area contributed by atoms with Gasteiger partial charge < -0.3 is 14.8 Å². The van der Waals surface area contributed by atoms with Crippen LogP contribution in [0.5, 0.6) is 11.5 Å². The topological polar surface area (TPSA) is 89.0 Å². The summed E-state index contributed by atoms with van der Waals surface area (Å²) >= 11 is 12.1. The monoisotopic (exact) mass is 603 g/mol. The zero-order valence-electron chi connectivity index (χ0n) is 23.2. The molecule has 216 valence electrons. The molecule has 4 aromatic rings. The van der Waals surface area contributed by atoms with E-state index in [4.69, 9.17) is 32.7 Å². The number of hydrazone groups is 1. The van der Waals surface area contributed by atoms with Gasteiger partial charge in [0.2, 0.25) is 0 Å². The second-order valence-corrected chi connectivity index (χ2v) is 10.5. The smallest absolute Gasteiger partial charge is 0.262 e. The van der Waals surface area contributed by atoms with E-state index >= 15 is 0 Å². The molecule has 0 aromatic heterocycles. The van der Waals surface area contributed by atoms with E-state index < -0.39 is 24.0 Å². The molecule has 7 nitrogen and oxygen atoms in total. The minimum Gasteiger partial charge on any atom is -0.488 e. The predicted octanol–water partition coefficient (Wildman–Crippen LogP) is 6.53. The van der Waals surface area contributed by atoms with Gasteiger partial charge in [-0.3, -0.25) is 9.59 Å². The summed E-state index contributed by atoms with van der Waals surface area (Å²) < 4.78 is 11.7. The number of carbonyl (C=O) groups excluding carboxylic acids is 2. The molecule has 0 unspecified atom stereocenters. The number of benzene rings is 4. The van der Waals surface area contributed by atoms with Crippen molar-refractivity contribution in [3.05, 3.63) is 129 Å². The standard InChI is InChI=1S/C33H31Cl2N3O4/c1-22-12-14-25(15-13-22)21-41-30-11-7-6-10-26(30)20-36-38-33(40)29(18-24-8-4-3-5-9-24)37-32(39)23(2)42-31-17-16-27(34)19-28(31)35/h3-17,19-20,23,29H,18,21H2,1-2H3,(H,37,39)(H,38,40)/b36-20-/t23-,29-/m1/s1. The Bertz CT molecular complexity index is 1530. The Hall–Kier alpha value is -4.33. The van der Waals surface area contributed by atoms with E-state index in [9.17, 15) is 9.59 Å². The quantitative estimate of drug-likeness (QED) is 0.142. The SMILES string of the molecule is Cc1ccc(COc2ccccc2/C=N\NC(=O)[C@@H](Cc2ccccc2)NC(=O)[C@@H](C)Oc2ccc(Cl)cc2Cl)cc1. The molecule has 0 saturated carbocycles. The van der Waals surface area contributed by atoms with Crippen LogP contribution in [-0.2, 0) is 22.6 Å². The number of nitrogens with one attached hydrogen (secondary N) is 2. The maximum Gasteiger partial charge on any atom is 0.262 e. The molecule has 4 rings (SSSR count). The molecule has 4 aromatic carbocycles. The Kier molecular flexibility index (Phi) is 11.0.